The van der Waals surface area contributed by atoms with Crippen LogP contribution in [0.4, 0.5) is 5.69 Å². The van der Waals surface area contributed by atoms with Gasteiger partial charge in [0.2, 0.25) is 0 Å². The maximum absolute atomic E-state index is 12.8. The van der Waals surface area contributed by atoms with Crippen LogP contribution in [0.1, 0.15) is 11.1 Å². The van der Waals surface area contributed by atoms with E-state index >= 15 is 0 Å². The van der Waals surface area contributed by atoms with E-state index in [1.807, 2.05) is 0 Å². The molecule has 178 valence electrons. The average Bonchev–Trinajstić information content (AvgIpc) is 2.81. The van der Waals surface area contributed by atoms with Crippen molar-refractivity contribution in [3.8, 4) is 23.0 Å². The molecule has 2 aromatic carbocycles. The molecule has 10 heteroatoms. The molecule has 0 amide bonds. The highest BCUT2D eigenvalue weighted by Gasteiger charge is 2.14. The molecule has 1 N–H and O–H groups in total. The largest absolute Gasteiger partial charge is 0.496 e. The zero-order valence-electron chi connectivity index (χ0n) is 19.1. The summed E-state index contributed by atoms with van der Waals surface area (Å²) in [5.41, 5.74) is 1.48. The Morgan fingerprint density at radius 3 is 2.09 bits per heavy atom. The van der Waals surface area contributed by atoms with E-state index in [1.165, 1.54) is 53.9 Å². The zero-order chi connectivity index (χ0) is 24.4. The Kier molecular flexibility index (Phi) is 9.17. The maximum Gasteiger partial charge on any atom is 0.331 e. The van der Waals surface area contributed by atoms with E-state index < -0.39 is 15.8 Å². The summed E-state index contributed by atoms with van der Waals surface area (Å²) in [7, 11) is 3.55. The number of sulfone groups is 1. The first kappa shape index (κ1) is 25.6. The Morgan fingerprint density at radius 2 is 1.55 bits per heavy atom. The van der Waals surface area contributed by atoms with Gasteiger partial charge in [-0.1, -0.05) is 6.07 Å². The summed E-state index contributed by atoms with van der Waals surface area (Å²) < 4.78 is 51.3. The molecule has 0 bridgehead atoms. The molecule has 0 aromatic heterocycles. The van der Waals surface area contributed by atoms with Gasteiger partial charge in [-0.3, -0.25) is 0 Å². The fourth-order valence-electron chi connectivity index (χ4n) is 2.87. The van der Waals surface area contributed by atoms with E-state index in [-0.39, 0.29) is 5.75 Å². The number of rotatable bonds is 11. The number of carbonyl (C=O) groups is 1. The molecule has 2 rings (SSSR count). The van der Waals surface area contributed by atoms with Crippen molar-refractivity contribution in [1.82, 2.24) is 0 Å². The van der Waals surface area contributed by atoms with Crippen molar-refractivity contribution in [3.63, 3.8) is 0 Å². The van der Waals surface area contributed by atoms with Gasteiger partial charge in [-0.05, 0) is 23.8 Å². The quantitative estimate of drug-likeness (QED) is 0.385. The Morgan fingerprint density at radius 1 is 0.909 bits per heavy atom. The van der Waals surface area contributed by atoms with Crippen molar-refractivity contribution in [2.24, 2.45) is 0 Å². The first-order chi connectivity index (χ1) is 15.8. The third kappa shape index (κ3) is 7.18. The molecule has 2 aromatic rings. The van der Waals surface area contributed by atoms with Crippen molar-refractivity contribution in [2.75, 3.05) is 40.9 Å². The van der Waals surface area contributed by atoms with Crippen LogP contribution in [0.2, 0.25) is 0 Å². The summed E-state index contributed by atoms with van der Waals surface area (Å²) in [6, 6.07) is 8.18. The van der Waals surface area contributed by atoms with Gasteiger partial charge in [-0.2, -0.15) is 0 Å². The molecule has 33 heavy (non-hydrogen) atoms. The minimum absolute atomic E-state index is 0.260. The van der Waals surface area contributed by atoms with E-state index in [0.717, 1.165) is 5.41 Å². The van der Waals surface area contributed by atoms with Crippen LogP contribution < -0.4 is 24.3 Å². The van der Waals surface area contributed by atoms with Crippen LogP contribution in [0, 0.1) is 0 Å². The number of esters is 1. The highest BCUT2D eigenvalue weighted by Crippen LogP contribution is 2.35. The number of hydrogen-bond donors (Lipinski definition) is 1. The zero-order valence-corrected chi connectivity index (χ0v) is 19.9. The van der Waals surface area contributed by atoms with Crippen LogP contribution in [0.15, 0.2) is 48.0 Å². The molecule has 0 unspecified atom stereocenters. The summed E-state index contributed by atoms with van der Waals surface area (Å²) in [4.78, 5) is 11.2. The lowest BCUT2D eigenvalue weighted by Gasteiger charge is -2.12. The second-order valence-electron chi connectivity index (χ2n) is 6.59. The van der Waals surface area contributed by atoms with E-state index in [0.29, 0.717) is 39.8 Å². The van der Waals surface area contributed by atoms with Gasteiger partial charge in [0.1, 0.15) is 23.0 Å². The molecule has 0 saturated carbocycles. The lowest BCUT2D eigenvalue weighted by molar-refractivity contribution is -0.134. The van der Waals surface area contributed by atoms with Crippen molar-refractivity contribution in [1.29, 1.82) is 0 Å². The molecule has 0 atom stereocenters. The highest BCUT2D eigenvalue weighted by atomic mass is 32.2. The first-order valence-electron chi connectivity index (χ1n) is 9.65. The smallest absolute Gasteiger partial charge is 0.331 e. The molecule has 0 aliphatic rings. The Hall–Kier alpha value is -3.66. The Labute approximate surface area is 193 Å². The fourth-order valence-corrected chi connectivity index (χ4v) is 3.96. The lowest BCUT2D eigenvalue weighted by Crippen LogP contribution is -2.02. The Bertz CT molecular complexity index is 1110. The number of methoxy groups -OCH3 is 5. The monoisotopic (exact) mass is 477 g/mol. The number of nitrogens with one attached hydrogen (secondary N) is 1. The molecule has 9 nitrogen and oxygen atoms in total. The summed E-state index contributed by atoms with van der Waals surface area (Å²) in [6.07, 6.45) is 4.00. The molecule has 0 spiro atoms. The second kappa shape index (κ2) is 11.8. The molecular weight excluding hydrogens is 450 g/mol. The van der Waals surface area contributed by atoms with Gasteiger partial charge in [0.25, 0.3) is 0 Å². The maximum atomic E-state index is 12.8. The van der Waals surface area contributed by atoms with Crippen LogP contribution in [-0.2, 0) is 25.1 Å². The molecule has 0 aliphatic heterocycles. The third-order valence-corrected chi connectivity index (χ3v) is 5.77. The minimum Gasteiger partial charge on any atom is -0.496 e. The van der Waals surface area contributed by atoms with Crippen molar-refractivity contribution >= 4 is 27.6 Å². The number of carbonyl (C=O) groups excluding carboxylic acids is 1. The average molecular weight is 478 g/mol. The summed E-state index contributed by atoms with van der Waals surface area (Å²) >= 11 is 0. The molecule has 0 saturated heterocycles. The number of hydrogen-bond acceptors (Lipinski definition) is 9. The summed E-state index contributed by atoms with van der Waals surface area (Å²) in [6.45, 7) is 0. The predicted octanol–water partition coefficient (Wildman–Crippen LogP) is 3.41. The fraction of sp³-hybridized carbons (Fsp3) is 0.261. The van der Waals surface area contributed by atoms with E-state index in [1.54, 1.807) is 30.3 Å². The standard InChI is InChI=1S/C23H27NO8S/c1-28-17-13-21(30-3)18(22(14-17)31-4)9-11-33(26,27)15-16-6-7-20(29-2)19(12-16)24-10-8-23(25)32-5/h6-14,24H,15H2,1-5H3/b10-8+,11-9+. The van der Waals surface area contributed by atoms with Crippen molar-refractivity contribution < 1.29 is 36.9 Å². The summed E-state index contributed by atoms with van der Waals surface area (Å²) in [5, 5.41) is 4.00. The topological polar surface area (TPSA) is 109 Å². The van der Waals surface area contributed by atoms with Crippen LogP contribution in [0.3, 0.4) is 0 Å². The van der Waals surface area contributed by atoms with Gasteiger partial charge >= 0.3 is 5.97 Å². The van der Waals surface area contributed by atoms with Gasteiger partial charge < -0.3 is 29.0 Å². The predicted molar refractivity (Wildman–Crippen MR) is 126 cm³/mol. The Balaban J connectivity index is 2.29. The SMILES string of the molecule is COC(=O)/C=C/Nc1cc(CS(=O)(=O)/C=C/c2c(OC)cc(OC)cc2OC)ccc1OC. The van der Waals surface area contributed by atoms with Gasteiger partial charge in [0.05, 0.1) is 52.6 Å². The molecular formula is C23H27NO8S. The van der Waals surface area contributed by atoms with Gasteiger partial charge in [0, 0.05) is 29.8 Å². The molecule has 0 aliphatic carbocycles. The van der Waals surface area contributed by atoms with Crippen LogP contribution >= 0.6 is 0 Å². The van der Waals surface area contributed by atoms with Gasteiger partial charge in [0.15, 0.2) is 9.84 Å². The normalized spacial score (nSPS) is 11.4. The van der Waals surface area contributed by atoms with E-state index in [9.17, 15) is 13.2 Å². The number of anilines is 1. The summed E-state index contributed by atoms with van der Waals surface area (Å²) in [5.74, 6) is 1.02. The van der Waals surface area contributed by atoms with Crippen molar-refractivity contribution in [2.45, 2.75) is 5.75 Å². The van der Waals surface area contributed by atoms with Gasteiger partial charge in [-0.15, -0.1) is 0 Å². The number of ether oxygens (including phenoxy) is 5. The van der Waals surface area contributed by atoms with E-state index in [4.69, 9.17) is 18.9 Å². The molecule has 0 heterocycles. The second-order valence-corrected chi connectivity index (χ2v) is 8.48. The first-order valence-corrected chi connectivity index (χ1v) is 11.4. The minimum atomic E-state index is -3.66. The van der Waals surface area contributed by atoms with Crippen LogP contribution in [0.5, 0.6) is 23.0 Å². The van der Waals surface area contributed by atoms with E-state index in [2.05, 4.69) is 10.1 Å². The highest BCUT2D eigenvalue weighted by molar-refractivity contribution is 7.93. The van der Waals surface area contributed by atoms with Crippen molar-refractivity contribution in [3.05, 3.63) is 59.1 Å². The van der Waals surface area contributed by atoms with Crippen LogP contribution in [0.25, 0.3) is 6.08 Å². The third-order valence-electron chi connectivity index (χ3n) is 4.49. The lowest BCUT2D eigenvalue weighted by atomic mass is 10.1. The molecule has 0 fully saturated rings. The van der Waals surface area contributed by atoms with Gasteiger partial charge in [-0.25, -0.2) is 13.2 Å². The van der Waals surface area contributed by atoms with Crippen LogP contribution in [-0.4, -0.2) is 49.9 Å². The molecule has 0 radical (unpaired) electrons. The number of benzene rings is 2.